The van der Waals surface area contributed by atoms with Crippen LogP contribution in [0.2, 0.25) is 0 Å². The molecule has 1 aromatic heterocycles. The normalized spacial score (nSPS) is 25.1. The van der Waals surface area contributed by atoms with E-state index in [1.54, 1.807) is 0 Å². The fraction of sp³-hybridized carbons (Fsp3) is 0.583. The summed E-state index contributed by atoms with van der Waals surface area (Å²) in [6.45, 7) is 6.01. The van der Waals surface area contributed by atoms with Crippen molar-refractivity contribution < 1.29 is 9.21 Å². The number of carbonyl (C=O) groups is 1. The Morgan fingerprint density at radius 1 is 1.57 bits per heavy atom. The van der Waals surface area contributed by atoms with E-state index in [0.717, 1.165) is 24.2 Å². The highest BCUT2D eigenvalue weighted by molar-refractivity contribution is 5.97. The van der Waals surface area contributed by atoms with Crippen LogP contribution in [0.4, 0.5) is 0 Å². The number of aryl methyl sites for hydroxylation is 2. The minimum Gasteiger partial charge on any atom is -0.458 e. The van der Waals surface area contributed by atoms with Crippen molar-refractivity contribution in [3.05, 3.63) is 23.2 Å². The van der Waals surface area contributed by atoms with Gasteiger partial charge in [0.1, 0.15) is 5.76 Å². The maximum Gasteiger partial charge on any atom is 0.201 e. The molecule has 0 bridgehead atoms. The summed E-state index contributed by atoms with van der Waals surface area (Å²) in [5, 5.41) is 0. The van der Waals surface area contributed by atoms with E-state index in [4.69, 9.17) is 4.42 Å². The van der Waals surface area contributed by atoms with Gasteiger partial charge in [-0.25, -0.2) is 0 Å². The molecule has 2 atom stereocenters. The zero-order valence-corrected chi connectivity index (χ0v) is 8.96. The summed E-state index contributed by atoms with van der Waals surface area (Å²) in [4.78, 5) is 11.8. The van der Waals surface area contributed by atoms with E-state index in [9.17, 15) is 4.79 Å². The molecule has 0 aliphatic heterocycles. The van der Waals surface area contributed by atoms with Gasteiger partial charge in [-0.1, -0.05) is 13.3 Å². The molecule has 0 unspecified atom stereocenters. The van der Waals surface area contributed by atoms with E-state index >= 15 is 0 Å². The number of furan rings is 1. The van der Waals surface area contributed by atoms with E-state index in [1.165, 1.54) is 0 Å². The fourth-order valence-corrected chi connectivity index (χ4v) is 1.90. The van der Waals surface area contributed by atoms with E-state index in [0.29, 0.717) is 11.7 Å². The number of carbonyl (C=O) groups excluding carboxylic acids is 1. The lowest BCUT2D eigenvalue weighted by atomic mass is 10.1. The van der Waals surface area contributed by atoms with Gasteiger partial charge in [-0.15, -0.1) is 0 Å². The van der Waals surface area contributed by atoms with Crippen LogP contribution in [0.25, 0.3) is 0 Å². The van der Waals surface area contributed by atoms with Crippen LogP contribution >= 0.6 is 0 Å². The third-order valence-corrected chi connectivity index (χ3v) is 3.19. The van der Waals surface area contributed by atoms with Crippen LogP contribution in [0.5, 0.6) is 0 Å². The molecule has 2 nitrogen and oxygen atoms in total. The SMILES string of the molecule is CC[C@@H]1C[C@H]1C(=O)c1cc(C)c(C)o1. The number of Topliss-reactive ketones (excluding diaryl/α,β-unsaturated/α-hetero) is 1. The molecule has 1 aliphatic carbocycles. The lowest BCUT2D eigenvalue weighted by Gasteiger charge is -1.93. The fourth-order valence-electron chi connectivity index (χ4n) is 1.90. The number of ketones is 1. The summed E-state index contributed by atoms with van der Waals surface area (Å²) in [5.74, 6) is 2.47. The van der Waals surface area contributed by atoms with Crippen molar-refractivity contribution in [3.8, 4) is 0 Å². The molecule has 76 valence electrons. The Kier molecular flexibility index (Phi) is 2.22. The van der Waals surface area contributed by atoms with Crippen molar-refractivity contribution in [3.63, 3.8) is 0 Å². The van der Waals surface area contributed by atoms with Gasteiger partial charge in [0.2, 0.25) is 5.78 Å². The van der Waals surface area contributed by atoms with Crippen LogP contribution in [0.3, 0.4) is 0 Å². The summed E-state index contributed by atoms with van der Waals surface area (Å²) in [6, 6.07) is 1.86. The third kappa shape index (κ3) is 1.49. The monoisotopic (exact) mass is 192 g/mol. The van der Waals surface area contributed by atoms with E-state index in [-0.39, 0.29) is 11.7 Å². The molecule has 1 aliphatic rings. The zero-order valence-electron chi connectivity index (χ0n) is 8.96. The van der Waals surface area contributed by atoms with E-state index < -0.39 is 0 Å². The molecule has 1 aromatic rings. The number of hydrogen-bond donors (Lipinski definition) is 0. The highest BCUT2D eigenvalue weighted by Crippen LogP contribution is 2.43. The predicted molar refractivity (Wildman–Crippen MR) is 54.4 cm³/mol. The summed E-state index contributed by atoms with van der Waals surface area (Å²) in [6.07, 6.45) is 2.16. The van der Waals surface area contributed by atoms with Crippen molar-refractivity contribution >= 4 is 5.78 Å². The predicted octanol–water partition coefficient (Wildman–Crippen LogP) is 3.13. The lowest BCUT2D eigenvalue weighted by Crippen LogP contribution is -2.01. The Morgan fingerprint density at radius 2 is 2.29 bits per heavy atom. The van der Waals surface area contributed by atoms with E-state index in [2.05, 4.69) is 6.92 Å². The molecule has 0 spiro atoms. The Balaban J connectivity index is 2.13. The molecule has 1 heterocycles. The van der Waals surface area contributed by atoms with Gasteiger partial charge < -0.3 is 4.42 Å². The van der Waals surface area contributed by atoms with Crippen LogP contribution in [0.15, 0.2) is 10.5 Å². The molecule has 0 saturated heterocycles. The first-order valence-electron chi connectivity index (χ1n) is 5.24. The molecule has 1 saturated carbocycles. The standard InChI is InChI=1S/C12H16O2/c1-4-9-6-10(9)12(13)11-5-7(2)8(3)14-11/h5,9-10H,4,6H2,1-3H3/t9-,10-/m1/s1. The van der Waals surface area contributed by atoms with Crippen LogP contribution in [-0.4, -0.2) is 5.78 Å². The Hall–Kier alpha value is -1.05. The summed E-state index contributed by atoms with van der Waals surface area (Å²) in [7, 11) is 0. The van der Waals surface area contributed by atoms with Gasteiger partial charge in [-0.05, 0) is 37.8 Å². The Morgan fingerprint density at radius 3 is 2.71 bits per heavy atom. The first-order valence-corrected chi connectivity index (χ1v) is 5.24. The molecule has 14 heavy (non-hydrogen) atoms. The average Bonchev–Trinajstić information content (AvgIpc) is 2.87. The highest BCUT2D eigenvalue weighted by Gasteiger charge is 2.42. The van der Waals surface area contributed by atoms with Gasteiger partial charge in [-0.2, -0.15) is 0 Å². The average molecular weight is 192 g/mol. The van der Waals surface area contributed by atoms with Crippen molar-refractivity contribution in [2.45, 2.75) is 33.6 Å². The summed E-state index contributed by atoms with van der Waals surface area (Å²) in [5.41, 5.74) is 1.07. The quantitative estimate of drug-likeness (QED) is 0.689. The van der Waals surface area contributed by atoms with Gasteiger partial charge >= 0.3 is 0 Å². The lowest BCUT2D eigenvalue weighted by molar-refractivity contribution is 0.0932. The molecule has 1 fully saturated rings. The smallest absolute Gasteiger partial charge is 0.201 e. The maximum atomic E-state index is 11.8. The second kappa shape index (κ2) is 3.26. The molecular formula is C12H16O2. The molecule has 2 heteroatoms. The van der Waals surface area contributed by atoms with Crippen molar-refractivity contribution in [2.24, 2.45) is 11.8 Å². The molecule has 0 N–H and O–H groups in total. The highest BCUT2D eigenvalue weighted by atomic mass is 16.3. The molecule has 2 rings (SSSR count). The number of rotatable bonds is 3. The molecule has 0 aromatic carbocycles. The second-order valence-corrected chi connectivity index (χ2v) is 4.22. The van der Waals surface area contributed by atoms with Gasteiger partial charge in [-0.3, -0.25) is 4.79 Å². The van der Waals surface area contributed by atoms with Crippen LogP contribution in [-0.2, 0) is 0 Å². The van der Waals surface area contributed by atoms with Crippen LogP contribution < -0.4 is 0 Å². The Bertz CT molecular complexity index is 343. The second-order valence-electron chi connectivity index (χ2n) is 4.22. The van der Waals surface area contributed by atoms with Crippen molar-refractivity contribution in [1.82, 2.24) is 0 Å². The number of hydrogen-bond acceptors (Lipinski definition) is 2. The maximum absolute atomic E-state index is 11.8. The van der Waals surface area contributed by atoms with Gasteiger partial charge in [0, 0.05) is 5.92 Å². The summed E-state index contributed by atoms with van der Waals surface area (Å²) < 4.78 is 5.42. The van der Waals surface area contributed by atoms with Crippen LogP contribution in [0, 0.1) is 25.7 Å². The first kappa shape index (κ1) is 9.50. The molecule has 0 amide bonds. The molecular weight excluding hydrogens is 176 g/mol. The topological polar surface area (TPSA) is 30.2 Å². The summed E-state index contributed by atoms with van der Waals surface area (Å²) >= 11 is 0. The minimum atomic E-state index is 0.202. The van der Waals surface area contributed by atoms with Gasteiger partial charge in [0.25, 0.3) is 0 Å². The van der Waals surface area contributed by atoms with Crippen molar-refractivity contribution in [2.75, 3.05) is 0 Å². The Labute approximate surface area is 84.3 Å². The third-order valence-electron chi connectivity index (χ3n) is 3.19. The molecule has 0 radical (unpaired) electrons. The van der Waals surface area contributed by atoms with Crippen molar-refractivity contribution in [1.29, 1.82) is 0 Å². The minimum absolute atomic E-state index is 0.202. The largest absolute Gasteiger partial charge is 0.458 e. The van der Waals surface area contributed by atoms with Gasteiger partial charge in [0.05, 0.1) is 0 Å². The zero-order chi connectivity index (χ0) is 10.3. The van der Waals surface area contributed by atoms with Crippen LogP contribution in [0.1, 0.15) is 41.6 Å². The first-order chi connectivity index (χ1) is 6.63. The van der Waals surface area contributed by atoms with E-state index in [1.807, 2.05) is 19.9 Å². The van der Waals surface area contributed by atoms with Gasteiger partial charge in [0.15, 0.2) is 5.76 Å².